The average molecular weight is 488 g/mol. The zero-order valence-electron chi connectivity index (χ0n) is 20.2. The molecule has 6 rings (SSSR count). The van der Waals surface area contributed by atoms with Gasteiger partial charge in [0.15, 0.2) is 0 Å². The maximum atomic E-state index is 13.4. The van der Waals surface area contributed by atoms with Crippen LogP contribution in [0, 0.1) is 0 Å². The second-order valence-electron chi connectivity index (χ2n) is 9.68. The summed E-state index contributed by atoms with van der Waals surface area (Å²) in [6.07, 6.45) is 3.51. The highest BCUT2D eigenvalue weighted by atomic mass is 16.6. The quantitative estimate of drug-likeness (QED) is 0.584. The summed E-state index contributed by atoms with van der Waals surface area (Å²) in [5, 5.41) is 11.5. The first-order valence-corrected chi connectivity index (χ1v) is 12.5. The maximum Gasteiger partial charge on any atom is 0.410 e. The third kappa shape index (κ3) is 3.90. The Kier molecular flexibility index (Phi) is 5.85. The number of amides is 1. The number of rotatable bonds is 5. The van der Waals surface area contributed by atoms with E-state index in [1.54, 1.807) is 17.3 Å². The lowest BCUT2D eigenvalue weighted by Crippen LogP contribution is -2.62. The molecule has 2 atom stereocenters. The van der Waals surface area contributed by atoms with Crippen molar-refractivity contribution in [2.24, 2.45) is 0 Å². The highest BCUT2D eigenvalue weighted by Gasteiger charge is 2.50. The van der Waals surface area contributed by atoms with Gasteiger partial charge in [-0.05, 0) is 29.2 Å². The summed E-state index contributed by atoms with van der Waals surface area (Å²) in [4.78, 5) is 23.6. The van der Waals surface area contributed by atoms with E-state index in [0.29, 0.717) is 38.2 Å². The summed E-state index contributed by atoms with van der Waals surface area (Å²) in [6, 6.07) is 16.3. The van der Waals surface area contributed by atoms with Crippen molar-refractivity contribution in [3.63, 3.8) is 0 Å². The first-order chi connectivity index (χ1) is 17.6. The molecule has 3 aliphatic rings. The third-order valence-electron chi connectivity index (χ3n) is 7.54. The molecule has 2 unspecified atom stereocenters. The van der Waals surface area contributed by atoms with E-state index in [1.807, 2.05) is 31.2 Å². The van der Waals surface area contributed by atoms with Gasteiger partial charge in [0.1, 0.15) is 6.61 Å². The number of carbonyl (C=O) groups is 1. The van der Waals surface area contributed by atoms with Crippen molar-refractivity contribution in [1.29, 1.82) is 0 Å². The minimum absolute atomic E-state index is 0.000154. The zero-order valence-corrected chi connectivity index (χ0v) is 20.2. The monoisotopic (exact) mass is 487 g/mol. The zero-order chi connectivity index (χ0) is 24.7. The van der Waals surface area contributed by atoms with E-state index < -0.39 is 5.60 Å². The molecule has 0 saturated carbocycles. The van der Waals surface area contributed by atoms with Gasteiger partial charge in [0, 0.05) is 36.7 Å². The molecule has 8 nitrogen and oxygen atoms in total. The molecule has 1 aromatic heterocycles. The molecule has 1 aliphatic carbocycles. The van der Waals surface area contributed by atoms with Gasteiger partial charge < -0.3 is 19.3 Å². The number of carbonyl (C=O) groups excluding carboxylic acids is 1. The van der Waals surface area contributed by atoms with Crippen molar-refractivity contribution in [2.75, 3.05) is 26.4 Å². The van der Waals surface area contributed by atoms with Gasteiger partial charge in [-0.25, -0.2) is 14.8 Å². The van der Waals surface area contributed by atoms with E-state index in [1.165, 1.54) is 22.3 Å². The fourth-order valence-electron chi connectivity index (χ4n) is 5.94. The van der Waals surface area contributed by atoms with Crippen LogP contribution >= 0.6 is 0 Å². The molecule has 2 fully saturated rings. The molecule has 36 heavy (non-hydrogen) atoms. The molecule has 0 spiro atoms. The molecular weight excluding hydrogens is 458 g/mol. The van der Waals surface area contributed by atoms with Crippen molar-refractivity contribution in [3.05, 3.63) is 77.6 Å². The van der Waals surface area contributed by atoms with E-state index in [4.69, 9.17) is 14.2 Å². The number of hydrogen-bond acceptors (Lipinski definition) is 7. The maximum absolute atomic E-state index is 13.4. The van der Waals surface area contributed by atoms with Gasteiger partial charge in [-0.2, -0.15) is 0 Å². The average Bonchev–Trinajstić information content (AvgIpc) is 3.21. The van der Waals surface area contributed by atoms with Crippen molar-refractivity contribution in [1.82, 2.24) is 14.9 Å². The molecule has 2 bridgehead atoms. The van der Waals surface area contributed by atoms with Gasteiger partial charge in [-0.15, -0.1) is 0 Å². The molecule has 1 N–H and O–H groups in total. The van der Waals surface area contributed by atoms with E-state index in [9.17, 15) is 9.90 Å². The van der Waals surface area contributed by atoms with Crippen molar-refractivity contribution in [2.45, 2.75) is 43.4 Å². The molecule has 186 valence electrons. The molecule has 2 aliphatic heterocycles. The van der Waals surface area contributed by atoms with E-state index >= 15 is 0 Å². The Bertz CT molecular complexity index is 1200. The molecule has 2 aromatic carbocycles. The predicted molar refractivity (Wildman–Crippen MR) is 132 cm³/mol. The van der Waals surface area contributed by atoms with Crippen LogP contribution in [0.4, 0.5) is 4.79 Å². The number of morpholine rings is 1. The number of benzene rings is 2. The second kappa shape index (κ2) is 9.19. The van der Waals surface area contributed by atoms with Gasteiger partial charge in [0.2, 0.25) is 0 Å². The summed E-state index contributed by atoms with van der Waals surface area (Å²) in [6.45, 7) is 3.30. The van der Waals surface area contributed by atoms with E-state index in [2.05, 4.69) is 34.2 Å². The fourth-order valence-corrected chi connectivity index (χ4v) is 5.94. The van der Waals surface area contributed by atoms with Crippen LogP contribution in [-0.4, -0.2) is 64.6 Å². The lowest BCUT2D eigenvalue weighted by molar-refractivity contribution is -0.136. The minimum atomic E-state index is -1.15. The highest BCUT2D eigenvalue weighted by molar-refractivity contribution is 5.79. The molecule has 3 heterocycles. The van der Waals surface area contributed by atoms with Crippen LogP contribution in [0.1, 0.15) is 42.4 Å². The number of hydrogen-bond donors (Lipinski definition) is 1. The number of piperidine rings is 1. The standard InChI is InChI=1S/C28H29N3O5/c1-2-35-26-29-13-18(14-30-26)28(33)11-19-15-34-16-20(12-28)31(19)27(32)36-17-25-23-9-5-3-7-21(23)22-8-4-6-10-24(22)25/h3-10,13-14,19-20,25,33H,2,11-12,15-17H2,1H3. The SMILES string of the molecule is CCOc1ncc(C2(O)CC3COCC(C2)N3C(=O)OCC2c3ccccc3-c3ccccc32)cn1. The van der Waals surface area contributed by atoms with Crippen LogP contribution in [0.2, 0.25) is 0 Å². The Labute approximate surface area is 209 Å². The highest BCUT2D eigenvalue weighted by Crippen LogP contribution is 2.45. The first kappa shape index (κ1) is 22.9. The summed E-state index contributed by atoms with van der Waals surface area (Å²) in [7, 11) is 0. The Morgan fingerprint density at radius 3 is 2.19 bits per heavy atom. The van der Waals surface area contributed by atoms with E-state index in [-0.39, 0.29) is 36.7 Å². The number of ether oxygens (including phenoxy) is 3. The topological polar surface area (TPSA) is 94.0 Å². The van der Waals surface area contributed by atoms with Crippen LogP contribution in [-0.2, 0) is 15.1 Å². The first-order valence-electron chi connectivity index (χ1n) is 12.5. The van der Waals surface area contributed by atoms with Crippen LogP contribution in [0.5, 0.6) is 6.01 Å². The lowest BCUT2D eigenvalue weighted by Gasteiger charge is -2.50. The molecule has 3 aromatic rings. The summed E-state index contributed by atoms with van der Waals surface area (Å²) < 4.78 is 17.0. The van der Waals surface area contributed by atoms with Crippen LogP contribution in [0.25, 0.3) is 11.1 Å². The molecule has 1 amide bonds. The largest absolute Gasteiger partial charge is 0.464 e. The van der Waals surface area contributed by atoms with Gasteiger partial charge in [-0.3, -0.25) is 4.90 Å². The Morgan fingerprint density at radius 2 is 1.61 bits per heavy atom. The summed E-state index contributed by atoms with van der Waals surface area (Å²) in [5.74, 6) is 0.000154. The fraction of sp³-hybridized carbons (Fsp3) is 0.393. The van der Waals surface area contributed by atoms with Crippen LogP contribution < -0.4 is 4.74 Å². The Morgan fingerprint density at radius 1 is 1.03 bits per heavy atom. The number of fused-ring (bicyclic) bond motifs is 5. The molecular formula is C28H29N3O5. The van der Waals surface area contributed by atoms with Gasteiger partial charge in [0.05, 0.1) is 37.5 Å². The van der Waals surface area contributed by atoms with Crippen LogP contribution in [0.15, 0.2) is 60.9 Å². The van der Waals surface area contributed by atoms with Crippen molar-refractivity contribution >= 4 is 6.09 Å². The summed E-state index contributed by atoms with van der Waals surface area (Å²) >= 11 is 0. The second-order valence-corrected chi connectivity index (χ2v) is 9.68. The van der Waals surface area contributed by atoms with Gasteiger partial charge >= 0.3 is 12.1 Å². The smallest absolute Gasteiger partial charge is 0.410 e. The molecule has 8 heteroatoms. The van der Waals surface area contributed by atoms with Crippen molar-refractivity contribution in [3.8, 4) is 17.1 Å². The normalized spacial score (nSPS) is 24.7. The van der Waals surface area contributed by atoms with Gasteiger partial charge in [-0.1, -0.05) is 48.5 Å². The van der Waals surface area contributed by atoms with Crippen LogP contribution in [0.3, 0.4) is 0 Å². The van der Waals surface area contributed by atoms with Crippen molar-refractivity contribution < 1.29 is 24.1 Å². The summed E-state index contributed by atoms with van der Waals surface area (Å²) in [5.41, 5.74) is 4.22. The predicted octanol–water partition coefficient (Wildman–Crippen LogP) is 3.88. The molecule has 0 radical (unpaired) electrons. The number of aliphatic hydroxyl groups is 1. The number of aromatic nitrogens is 2. The lowest BCUT2D eigenvalue weighted by atomic mass is 9.78. The Hall–Kier alpha value is -3.49. The van der Waals surface area contributed by atoms with Gasteiger partial charge in [0.25, 0.3) is 0 Å². The third-order valence-corrected chi connectivity index (χ3v) is 7.54. The van der Waals surface area contributed by atoms with E-state index in [0.717, 1.165) is 0 Å². The Balaban J connectivity index is 1.18. The minimum Gasteiger partial charge on any atom is -0.464 e. The number of nitrogens with zero attached hydrogens (tertiary/aromatic N) is 3. The molecule has 2 saturated heterocycles.